The van der Waals surface area contributed by atoms with Crippen LogP contribution in [0.3, 0.4) is 0 Å². The van der Waals surface area contributed by atoms with Crippen LogP contribution in [0.1, 0.15) is 19.8 Å². The van der Waals surface area contributed by atoms with E-state index in [1.165, 1.54) is 6.07 Å². The lowest BCUT2D eigenvalue weighted by atomic mass is 10.0. The van der Waals surface area contributed by atoms with Crippen molar-refractivity contribution in [2.75, 3.05) is 6.61 Å². The Balaban J connectivity index is 4.05. The van der Waals surface area contributed by atoms with Gasteiger partial charge in [0.25, 0.3) is 0 Å². The third-order valence-corrected chi connectivity index (χ3v) is 1.38. The summed E-state index contributed by atoms with van der Waals surface area (Å²) in [6, 6.07) is 1.43. The fourth-order valence-electron chi connectivity index (χ4n) is 0.864. The number of nitrogens with zero attached hydrogens (tertiary/aromatic N) is 1. The van der Waals surface area contributed by atoms with Gasteiger partial charge in [0.1, 0.15) is 0 Å². The summed E-state index contributed by atoms with van der Waals surface area (Å²) in [4.78, 5) is 10.8. The largest absolute Gasteiger partial charge is 0.466 e. The van der Waals surface area contributed by atoms with Crippen LogP contribution in [-0.4, -0.2) is 18.8 Å². The highest BCUT2D eigenvalue weighted by molar-refractivity contribution is 5.70. The second kappa shape index (κ2) is 5.47. The molecule has 0 fully saturated rings. The summed E-state index contributed by atoms with van der Waals surface area (Å²) in [6.45, 7) is 1.64. The Morgan fingerprint density at radius 3 is 2.50 bits per heavy atom. The molecule has 0 radical (unpaired) electrons. The molecule has 0 N–H and O–H groups in total. The molecule has 0 bridgehead atoms. The molecule has 0 aliphatic carbocycles. The van der Waals surface area contributed by atoms with Crippen molar-refractivity contribution in [3.05, 3.63) is 0 Å². The predicted octanol–water partition coefficient (Wildman–Crippen LogP) is 2.03. The van der Waals surface area contributed by atoms with Gasteiger partial charge in [-0.05, 0) is 6.92 Å². The van der Waals surface area contributed by atoms with E-state index in [1.807, 2.05) is 0 Å². The van der Waals surface area contributed by atoms with Crippen LogP contribution in [0.15, 0.2) is 0 Å². The van der Waals surface area contributed by atoms with Crippen molar-refractivity contribution in [2.24, 2.45) is 5.92 Å². The number of hydrogen-bond acceptors (Lipinski definition) is 3. The Labute approximate surface area is 79.5 Å². The molecule has 0 spiro atoms. The molecular weight excluding hydrogens is 199 g/mol. The average molecular weight is 209 g/mol. The number of esters is 1. The van der Waals surface area contributed by atoms with E-state index < -0.39 is 30.9 Å². The number of carbonyl (C=O) groups is 1. The van der Waals surface area contributed by atoms with E-state index in [9.17, 15) is 18.0 Å². The molecule has 0 heterocycles. The van der Waals surface area contributed by atoms with Crippen LogP contribution in [0.4, 0.5) is 13.2 Å². The molecule has 80 valence electrons. The Morgan fingerprint density at radius 1 is 1.57 bits per heavy atom. The van der Waals surface area contributed by atoms with E-state index in [0.29, 0.717) is 0 Å². The number of carbonyl (C=O) groups excluding carboxylic acids is 1. The first-order valence-electron chi connectivity index (χ1n) is 4.01. The summed E-state index contributed by atoms with van der Waals surface area (Å²) in [5, 5.41) is 8.35. The second-order valence-electron chi connectivity index (χ2n) is 2.65. The molecule has 1 unspecified atom stereocenters. The summed E-state index contributed by atoms with van der Waals surface area (Å²) in [5.74, 6) is -2.13. The van der Waals surface area contributed by atoms with E-state index in [1.54, 1.807) is 6.92 Å². The first kappa shape index (κ1) is 12.8. The predicted molar refractivity (Wildman–Crippen MR) is 41.0 cm³/mol. The summed E-state index contributed by atoms with van der Waals surface area (Å²) in [6.07, 6.45) is -6.21. The van der Waals surface area contributed by atoms with Crippen molar-refractivity contribution < 1.29 is 22.7 Å². The molecule has 0 amide bonds. The van der Waals surface area contributed by atoms with E-state index in [2.05, 4.69) is 4.74 Å². The number of nitriles is 1. The molecule has 0 saturated carbocycles. The summed E-state index contributed by atoms with van der Waals surface area (Å²) < 4.78 is 39.9. The molecular formula is C8H10F3NO2. The van der Waals surface area contributed by atoms with E-state index >= 15 is 0 Å². The first-order valence-corrected chi connectivity index (χ1v) is 4.01. The molecule has 6 heteroatoms. The van der Waals surface area contributed by atoms with Crippen LogP contribution >= 0.6 is 0 Å². The molecule has 0 aromatic rings. The van der Waals surface area contributed by atoms with Gasteiger partial charge in [-0.2, -0.15) is 18.4 Å². The highest BCUT2D eigenvalue weighted by Crippen LogP contribution is 2.26. The van der Waals surface area contributed by atoms with Crippen LogP contribution in [-0.2, 0) is 9.53 Å². The van der Waals surface area contributed by atoms with Crippen LogP contribution in [0.5, 0.6) is 0 Å². The monoisotopic (exact) mass is 209 g/mol. The maximum atomic E-state index is 11.8. The minimum absolute atomic E-state index is 0.100. The Kier molecular flexibility index (Phi) is 4.99. The summed E-state index contributed by atoms with van der Waals surface area (Å²) >= 11 is 0. The molecule has 0 aliphatic rings. The van der Waals surface area contributed by atoms with Crippen molar-refractivity contribution in [1.29, 1.82) is 5.26 Å². The molecule has 0 aromatic carbocycles. The number of alkyl halides is 3. The fourth-order valence-corrected chi connectivity index (χ4v) is 0.864. The van der Waals surface area contributed by atoms with Gasteiger partial charge in [-0.3, -0.25) is 4.79 Å². The lowest BCUT2D eigenvalue weighted by Crippen LogP contribution is -2.18. The van der Waals surface area contributed by atoms with Gasteiger partial charge in [0.2, 0.25) is 0 Å². The van der Waals surface area contributed by atoms with Gasteiger partial charge in [0, 0.05) is 0 Å². The normalized spacial score (nSPS) is 13.1. The quantitative estimate of drug-likeness (QED) is 0.665. The summed E-state index contributed by atoms with van der Waals surface area (Å²) in [7, 11) is 0. The lowest BCUT2D eigenvalue weighted by molar-refractivity contribution is -0.150. The van der Waals surface area contributed by atoms with Gasteiger partial charge in [-0.1, -0.05) is 0 Å². The maximum Gasteiger partial charge on any atom is 0.390 e. The van der Waals surface area contributed by atoms with Gasteiger partial charge in [-0.15, -0.1) is 0 Å². The molecule has 0 saturated heterocycles. The minimum Gasteiger partial charge on any atom is -0.466 e. The van der Waals surface area contributed by atoms with Crippen LogP contribution in [0.25, 0.3) is 0 Å². The zero-order valence-electron chi connectivity index (χ0n) is 7.60. The zero-order chi connectivity index (χ0) is 11.2. The molecule has 3 nitrogen and oxygen atoms in total. The second-order valence-corrected chi connectivity index (χ2v) is 2.65. The average Bonchev–Trinajstić information content (AvgIpc) is 2.01. The SMILES string of the molecule is CCOC(=O)CC(C#N)CC(F)(F)F. The van der Waals surface area contributed by atoms with E-state index in [4.69, 9.17) is 5.26 Å². The van der Waals surface area contributed by atoms with Crippen molar-refractivity contribution in [1.82, 2.24) is 0 Å². The highest BCUT2D eigenvalue weighted by atomic mass is 19.4. The topological polar surface area (TPSA) is 50.1 Å². The Bertz CT molecular complexity index is 232. The summed E-state index contributed by atoms with van der Waals surface area (Å²) in [5.41, 5.74) is 0. The van der Waals surface area contributed by atoms with Gasteiger partial charge < -0.3 is 4.74 Å². The van der Waals surface area contributed by atoms with E-state index in [-0.39, 0.29) is 6.61 Å². The van der Waals surface area contributed by atoms with Gasteiger partial charge in [-0.25, -0.2) is 0 Å². The molecule has 0 aromatic heterocycles. The Morgan fingerprint density at radius 2 is 2.14 bits per heavy atom. The van der Waals surface area contributed by atoms with Crippen molar-refractivity contribution >= 4 is 5.97 Å². The molecule has 1 atom stereocenters. The zero-order valence-corrected chi connectivity index (χ0v) is 7.60. The minimum atomic E-state index is -4.42. The standard InChI is InChI=1S/C8H10F3NO2/c1-2-14-7(13)3-6(5-12)4-8(9,10)11/h6H,2-4H2,1H3. The van der Waals surface area contributed by atoms with Crippen LogP contribution in [0, 0.1) is 17.2 Å². The first-order chi connectivity index (χ1) is 6.39. The lowest BCUT2D eigenvalue weighted by Gasteiger charge is -2.10. The number of rotatable bonds is 4. The maximum absolute atomic E-state index is 11.8. The van der Waals surface area contributed by atoms with Crippen LogP contribution in [0.2, 0.25) is 0 Å². The molecule has 0 rings (SSSR count). The molecule has 0 aliphatic heterocycles. The fraction of sp³-hybridized carbons (Fsp3) is 0.750. The third kappa shape index (κ3) is 6.29. The van der Waals surface area contributed by atoms with Gasteiger partial charge >= 0.3 is 12.1 Å². The van der Waals surface area contributed by atoms with Gasteiger partial charge in [0.15, 0.2) is 0 Å². The van der Waals surface area contributed by atoms with Crippen molar-refractivity contribution in [3.8, 4) is 6.07 Å². The number of halogens is 3. The Hall–Kier alpha value is -1.25. The number of hydrogen-bond donors (Lipinski definition) is 0. The van der Waals surface area contributed by atoms with Crippen molar-refractivity contribution in [3.63, 3.8) is 0 Å². The van der Waals surface area contributed by atoms with Crippen LogP contribution < -0.4 is 0 Å². The van der Waals surface area contributed by atoms with Gasteiger partial charge in [0.05, 0.1) is 31.4 Å². The third-order valence-electron chi connectivity index (χ3n) is 1.38. The van der Waals surface area contributed by atoms with E-state index in [0.717, 1.165) is 0 Å². The smallest absolute Gasteiger partial charge is 0.390 e. The number of ether oxygens (including phenoxy) is 1. The van der Waals surface area contributed by atoms with Crippen molar-refractivity contribution in [2.45, 2.75) is 25.9 Å². The highest BCUT2D eigenvalue weighted by Gasteiger charge is 2.33. The molecule has 14 heavy (non-hydrogen) atoms.